The van der Waals surface area contributed by atoms with E-state index in [1.54, 1.807) is 6.07 Å². The van der Waals surface area contributed by atoms with E-state index in [2.05, 4.69) is 20.2 Å². The van der Waals surface area contributed by atoms with Gasteiger partial charge >= 0.3 is 0 Å². The molecule has 32 heavy (non-hydrogen) atoms. The fourth-order valence-electron chi connectivity index (χ4n) is 3.82. The number of hydrogen-bond acceptors (Lipinski definition) is 8. The van der Waals surface area contributed by atoms with Gasteiger partial charge < -0.3 is 19.7 Å². The molecule has 0 radical (unpaired) electrons. The van der Waals surface area contributed by atoms with E-state index in [0.717, 1.165) is 18.4 Å². The van der Waals surface area contributed by atoms with Gasteiger partial charge in [-0.3, -0.25) is 4.79 Å². The SMILES string of the molecule is CS(=O)(=O)Cc1cc(N2CCOCC2)nc(-c2ccc(NC(=O)C3CCOCC3)cc2)n1. The molecule has 2 fully saturated rings. The number of hydrogen-bond donors (Lipinski definition) is 1. The maximum Gasteiger partial charge on any atom is 0.227 e. The van der Waals surface area contributed by atoms with Crippen molar-refractivity contribution in [3.63, 3.8) is 0 Å². The third kappa shape index (κ3) is 6.02. The highest BCUT2D eigenvalue weighted by molar-refractivity contribution is 7.89. The van der Waals surface area contributed by atoms with Crippen LogP contribution in [0.15, 0.2) is 30.3 Å². The first kappa shape index (κ1) is 22.6. The van der Waals surface area contributed by atoms with Gasteiger partial charge in [0.1, 0.15) is 5.82 Å². The minimum absolute atomic E-state index is 0.00190. The second kappa shape index (κ2) is 9.93. The smallest absolute Gasteiger partial charge is 0.227 e. The van der Waals surface area contributed by atoms with E-state index in [9.17, 15) is 13.2 Å². The Morgan fingerprint density at radius 1 is 1.06 bits per heavy atom. The van der Waals surface area contributed by atoms with Crippen molar-refractivity contribution in [1.82, 2.24) is 9.97 Å². The number of rotatable bonds is 6. The van der Waals surface area contributed by atoms with E-state index in [4.69, 9.17) is 9.47 Å². The molecule has 1 aromatic heterocycles. The van der Waals surface area contributed by atoms with Crippen LogP contribution in [-0.4, -0.2) is 70.1 Å². The van der Waals surface area contributed by atoms with Crippen molar-refractivity contribution in [2.45, 2.75) is 18.6 Å². The summed E-state index contributed by atoms with van der Waals surface area (Å²) in [5.74, 6) is 0.959. The third-order valence-electron chi connectivity index (χ3n) is 5.51. The van der Waals surface area contributed by atoms with E-state index in [-0.39, 0.29) is 17.6 Å². The van der Waals surface area contributed by atoms with Crippen LogP contribution in [0, 0.1) is 5.92 Å². The van der Waals surface area contributed by atoms with Gasteiger partial charge in [-0.1, -0.05) is 0 Å². The molecule has 9 nitrogen and oxygen atoms in total. The number of carbonyl (C=O) groups excluding carboxylic acids is 1. The Labute approximate surface area is 188 Å². The summed E-state index contributed by atoms with van der Waals surface area (Å²) in [7, 11) is -3.24. The summed E-state index contributed by atoms with van der Waals surface area (Å²) in [6.45, 7) is 3.80. The number of ether oxygens (including phenoxy) is 2. The Morgan fingerprint density at radius 2 is 1.72 bits per heavy atom. The number of nitrogens with zero attached hydrogens (tertiary/aromatic N) is 3. The van der Waals surface area contributed by atoms with Crippen LogP contribution in [0.5, 0.6) is 0 Å². The summed E-state index contributed by atoms with van der Waals surface area (Å²) in [5, 5.41) is 2.96. The van der Waals surface area contributed by atoms with Crippen molar-refractivity contribution >= 4 is 27.2 Å². The Bertz CT molecular complexity index is 1050. The predicted molar refractivity (Wildman–Crippen MR) is 121 cm³/mol. The molecule has 2 aliphatic heterocycles. The van der Waals surface area contributed by atoms with Crippen molar-refractivity contribution in [3.05, 3.63) is 36.0 Å². The van der Waals surface area contributed by atoms with Gasteiger partial charge in [0, 0.05) is 55.8 Å². The summed E-state index contributed by atoms with van der Waals surface area (Å²) < 4.78 is 34.5. The summed E-state index contributed by atoms with van der Waals surface area (Å²) >= 11 is 0. The van der Waals surface area contributed by atoms with E-state index in [1.807, 2.05) is 24.3 Å². The van der Waals surface area contributed by atoms with Crippen molar-refractivity contribution in [3.8, 4) is 11.4 Å². The highest BCUT2D eigenvalue weighted by atomic mass is 32.2. The Kier molecular flexibility index (Phi) is 7.02. The van der Waals surface area contributed by atoms with Gasteiger partial charge in [0.25, 0.3) is 0 Å². The zero-order chi connectivity index (χ0) is 22.6. The lowest BCUT2D eigenvalue weighted by Gasteiger charge is -2.28. The number of amides is 1. The topological polar surface area (TPSA) is 111 Å². The van der Waals surface area contributed by atoms with Gasteiger partial charge in [-0.05, 0) is 37.1 Å². The van der Waals surface area contributed by atoms with Crippen LogP contribution < -0.4 is 10.2 Å². The van der Waals surface area contributed by atoms with Crippen molar-refractivity contribution < 1.29 is 22.7 Å². The van der Waals surface area contributed by atoms with Crippen molar-refractivity contribution in [2.75, 3.05) is 56.0 Å². The average Bonchev–Trinajstić information content (AvgIpc) is 2.79. The normalized spacial score (nSPS) is 17.8. The number of sulfone groups is 1. The Morgan fingerprint density at radius 3 is 2.38 bits per heavy atom. The molecule has 1 N–H and O–H groups in total. The number of nitrogens with one attached hydrogen (secondary N) is 1. The second-order valence-corrected chi connectivity index (χ2v) is 10.3. The van der Waals surface area contributed by atoms with E-state index >= 15 is 0 Å². The number of benzene rings is 1. The average molecular weight is 461 g/mol. The van der Waals surface area contributed by atoms with Gasteiger partial charge in [0.15, 0.2) is 15.7 Å². The molecule has 2 saturated heterocycles. The minimum Gasteiger partial charge on any atom is -0.381 e. The zero-order valence-electron chi connectivity index (χ0n) is 18.1. The fourth-order valence-corrected chi connectivity index (χ4v) is 4.50. The maximum absolute atomic E-state index is 12.5. The molecule has 2 aliphatic rings. The number of anilines is 2. The van der Waals surface area contributed by atoms with Crippen molar-refractivity contribution in [1.29, 1.82) is 0 Å². The van der Waals surface area contributed by atoms with Gasteiger partial charge in [-0.2, -0.15) is 0 Å². The van der Waals surface area contributed by atoms with Gasteiger partial charge in [-0.25, -0.2) is 18.4 Å². The summed E-state index contributed by atoms with van der Waals surface area (Å²) in [6.07, 6.45) is 2.66. The van der Waals surface area contributed by atoms with Crippen LogP contribution in [0.3, 0.4) is 0 Å². The van der Waals surface area contributed by atoms with Gasteiger partial charge in [0.2, 0.25) is 5.91 Å². The Hall–Kier alpha value is -2.56. The second-order valence-electron chi connectivity index (χ2n) is 8.16. The lowest BCUT2D eigenvalue weighted by atomic mass is 9.99. The molecular weight excluding hydrogens is 432 g/mol. The molecule has 0 spiro atoms. The molecule has 0 bridgehead atoms. The number of morpholine rings is 1. The molecule has 0 unspecified atom stereocenters. The van der Waals surface area contributed by atoms with Gasteiger partial charge in [0.05, 0.1) is 24.7 Å². The van der Waals surface area contributed by atoms with E-state index in [0.29, 0.717) is 62.5 Å². The van der Waals surface area contributed by atoms with Crippen LogP contribution >= 0.6 is 0 Å². The lowest BCUT2D eigenvalue weighted by Crippen LogP contribution is -2.37. The number of carbonyl (C=O) groups is 1. The molecular formula is C22H28N4O5S. The molecule has 2 aromatic rings. The summed E-state index contributed by atoms with van der Waals surface area (Å²) in [6, 6.07) is 9.03. The molecule has 3 heterocycles. The molecule has 0 atom stereocenters. The van der Waals surface area contributed by atoms with Crippen molar-refractivity contribution in [2.24, 2.45) is 5.92 Å². The zero-order valence-corrected chi connectivity index (χ0v) is 18.9. The third-order valence-corrected chi connectivity index (χ3v) is 6.33. The number of aromatic nitrogens is 2. The minimum atomic E-state index is -3.24. The first-order valence-corrected chi connectivity index (χ1v) is 12.8. The fraction of sp³-hybridized carbons (Fsp3) is 0.500. The quantitative estimate of drug-likeness (QED) is 0.696. The molecule has 1 amide bonds. The first-order valence-electron chi connectivity index (χ1n) is 10.7. The summed E-state index contributed by atoms with van der Waals surface area (Å²) in [4.78, 5) is 23.7. The molecule has 4 rings (SSSR count). The van der Waals surface area contributed by atoms with Crippen LogP contribution in [0.2, 0.25) is 0 Å². The monoisotopic (exact) mass is 460 g/mol. The highest BCUT2D eigenvalue weighted by Crippen LogP contribution is 2.24. The van der Waals surface area contributed by atoms with Crippen LogP contribution in [0.1, 0.15) is 18.5 Å². The van der Waals surface area contributed by atoms with Gasteiger partial charge in [-0.15, -0.1) is 0 Å². The standard InChI is InChI=1S/C22H28N4O5S/c1-32(28,29)15-19-14-20(26-8-12-31-13-9-26)25-21(23-19)16-2-4-18(5-3-16)24-22(27)17-6-10-30-11-7-17/h2-5,14,17H,6-13,15H2,1H3,(H,24,27). The predicted octanol–water partition coefficient (Wildman–Crippen LogP) is 1.89. The van der Waals surface area contributed by atoms with Crippen LogP contribution in [0.25, 0.3) is 11.4 Å². The van der Waals surface area contributed by atoms with E-state index in [1.165, 1.54) is 6.26 Å². The van der Waals surface area contributed by atoms with E-state index < -0.39 is 9.84 Å². The molecule has 0 saturated carbocycles. The molecule has 0 aliphatic carbocycles. The largest absolute Gasteiger partial charge is 0.381 e. The van der Waals surface area contributed by atoms with Crippen LogP contribution in [-0.2, 0) is 29.9 Å². The maximum atomic E-state index is 12.5. The Balaban J connectivity index is 1.55. The summed E-state index contributed by atoms with van der Waals surface area (Å²) in [5.41, 5.74) is 1.90. The van der Waals surface area contributed by atoms with Crippen LogP contribution in [0.4, 0.5) is 11.5 Å². The molecule has 10 heteroatoms. The lowest BCUT2D eigenvalue weighted by molar-refractivity contribution is -0.122. The highest BCUT2D eigenvalue weighted by Gasteiger charge is 2.22. The molecule has 172 valence electrons. The molecule has 1 aromatic carbocycles. The first-order chi connectivity index (χ1) is 15.4.